The van der Waals surface area contributed by atoms with Crippen LogP contribution in [-0.4, -0.2) is 49.9 Å². The molecule has 0 aliphatic carbocycles. The first-order valence-electron chi connectivity index (χ1n) is 9.80. The minimum Gasteiger partial charge on any atom is -0.379 e. The maximum Gasteiger partial charge on any atom is 0.257 e. The molecule has 0 atom stereocenters. The van der Waals surface area contributed by atoms with E-state index < -0.39 is 15.9 Å². The number of amides is 1. The number of aromatic nitrogens is 1. The van der Waals surface area contributed by atoms with Crippen LogP contribution in [0.15, 0.2) is 65.6 Å². The van der Waals surface area contributed by atoms with E-state index in [0.717, 1.165) is 21.0 Å². The van der Waals surface area contributed by atoms with E-state index in [-0.39, 0.29) is 10.5 Å². The number of carbonyl (C=O) groups excluding carboxylic acids is 1. The van der Waals surface area contributed by atoms with Crippen molar-refractivity contribution >= 4 is 53.4 Å². The fraction of sp³-hybridized carbons (Fsp3) is 0.182. The van der Waals surface area contributed by atoms with Gasteiger partial charge in [0.1, 0.15) is 0 Å². The lowest BCUT2D eigenvalue weighted by Crippen LogP contribution is -2.40. The molecule has 1 aliphatic heterocycles. The predicted octanol–water partition coefficient (Wildman–Crippen LogP) is 3.72. The van der Waals surface area contributed by atoms with Crippen LogP contribution in [0, 0.1) is 0 Å². The molecule has 1 amide bonds. The molecule has 1 N–H and O–H groups in total. The molecule has 1 saturated heterocycles. The Hall–Kier alpha value is -2.85. The highest BCUT2D eigenvalue weighted by Crippen LogP contribution is 2.32. The first-order valence-corrected chi connectivity index (χ1v) is 12.1. The van der Waals surface area contributed by atoms with Gasteiger partial charge in [0, 0.05) is 24.0 Å². The van der Waals surface area contributed by atoms with E-state index in [4.69, 9.17) is 4.74 Å². The topological polar surface area (TPSA) is 88.6 Å². The first kappa shape index (κ1) is 20.1. The normalized spacial score (nSPS) is 15.4. The summed E-state index contributed by atoms with van der Waals surface area (Å²) in [5.41, 5.74) is 1.10. The predicted molar refractivity (Wildman–Crippen MR) is 121 cm³/mol. The second kappa shape index (κ2) is 8.01. The molecule has 4 aromatic rings. The van der Waals surface area contributed by atoms with Gasteiger partial charge in [0.05, 0.1) is 28.3 Å². The number of nitrogens with zero attached hydrogens (tertiary/aromatic N) is 2. The van der Waals surface area contributed by atoms with Crippen molar-refractivity contribution in [3.63, 3.8) is 0 Å². The summed E-state index contributed by atoms with van der Waals surface area (Å²) in [6.07, 6.45) is 0. The second-order valence-electron chi connectivity index (χ2n) is 7.15. The molecule has 1 aromatic heterocycles. The molecule has 5 rings (SSSR count). The van der Waals surface area contributed by atoms with Gasteiger partial charge in [-0.1, -0.05) is 47.7 Å². The summed E-state index contributed by atoms with van der Waals surface area (Å²) in [7, 11) is -3.68. The van der Waals surface area contributed by atoms with Crippen molar-refractivity contribution in [2.24, 2.45) is 0 Å². The van der Waals surface area contributed by atoms with Gasteiger partial charge in [-0.3, -0.25) is 10.1 Å². The molecule has 158 valence electrons. The summed E-state index contributed by atoms with van der Waals surface area (Å²) in [4.78, 5) is 17.5. The summed E-state index contributed by atoms with van der Waals surface area (Å²) in [6, 6.07) is 18.1. The molecule has 0 unspecified atom stereocenters. The maximum atomic E-state index is 12.9. The molecule has 3 aromatic carbocycles. The average Bonchev–Trinajstić information content (AvgIpc) is 3.23. The summed E-state index contributed by atoms with van der Waals surface area (Å²) < 4.78 is 33.4. The quantitative estimate of drug-likeness (QED) is 0.509. The molecule has 9 heteroatoms. The standard InChI is InChI=1S/C22H19N3O4S2/c26-21(16-5-3-6-17(14-16)31(27,28)25-10-12-29-13-11-25)24-22-23-20-18-7-2-1-4-15(18)8-9-19(20)30-22/h1-9,14H,10-13H2,(H,23,24,26). The van der Waals surface area contributed by atoms with Gasteiger partial charge in [-0.15, -0.1) is 0 Å². The smallest absolute Gasteiger partial charge is 0.257 e. The third-order valence-corrected chi connectivity index (χ3v) is 8.04. The van der Waals surface area contributed by atoms with Crippen LogP contribution >= 0.6 is 11.3 Å². The molecule has 7 nitrogen and oxygen atoms in total. The van der Waals surface area contributed by atoms with E-state index >= 15 is 0 Å². The zero-order chi connectivity index (χ0) is 21.4. The minimum absolute atomic E-state index is 0.0948. The molecule has 0 bridgehead atoms. The highest BCUT2D eigenvalue weighted by Gasteiger charge is 2.27. The third-order valence-electron chi connectivity index (χ3n) is 5.21. The van der Waals surface area contributed by atoms with Crippen molar-refractivity contribution in [1.29, 1.82) is 0 Å². The zero-order valence-corrected chi connectivity index (χ0v) is 18.1. The number of hydrogen-bond acceptors (Lipinski definition) is 6. The van der Waals surface area contributed by atoms with Gasteiger partial charge < -0.3 is 4.74 Å². The van der Waals surface area contributed by atoms with Crippen molar-refractivity contribution in [1.82, 2.24) is 9.29 Å². The Morgan fingerprint density at radius 1 is 1.03 bits per heavy atom. The molecule has 1 fully saturated rings. The molecular weight excluding hydrogens is 434 g/mol. The van der Waals surface area contributed by atoms with Crippen LogP contribution in [0.1, 0.15) is 10.4 Å². The number of hydrogen-bond donors (Lipinski definition) is 1. The van der Waals surface area contributed by atoms with Crippen LogP contribution in [-0.2, 0) is 14.8 Å². The highest BCUT2D eigenvalue weighted by molar-refractivity contribution is 7.89. The summed E-state index contributed by atoms with van der Waals surface area (Å²) >= 11 is 1.38. The Morgan fingerprint density at radius 2 is 1.84 bits per heavy atom. The van der Waals surface area contributed by atoms with Crippen molar-refractivity contribution in [2.45, 2.75) is 4.90 Å². The Bertz CT molecular complexity index is 1390. The van der Waals surface area contributed by atoms with Crippen molar-refractivity contribution in [3.05, 3.63) is 66.2 Å². The molecular formula is C22H19N3O4S2. The molecule has 0 spiro atoms. The minimum atomic E-state index is -3.68. The van der Waals surface area contributed by atoms with Gasteiger partial charge in [-0.2, -0.15) is 4.31 Å². The fourth-order valence-electron chi connectivity index (χ4n) is 3.62. The lowest BCUT2D eigenvalue weighted by Gasteiger charge is -2.26. The third kappa shape index (κ3) is 3.81. The zero-order valence-electron chi connectivity index (χ0n) is 16.4. The van der Waals surface area contributed by atoms with Crippen LogP contribution in [0.3, 0.4) is 0 Å². The van der Waals surface area contributed by atoms with E-state index in [1.54, 1.807) is 12.1 Å². The van der Waals surface area contributed by atoms with Crippen LogP contribution < -0.4 is 5.32 Å². The Labute approximate surface area is 183 Å². The number of nitrogens with one attached hydrogen (secondary N) is 1. The lowest BCUT2D eigenvalue weighted by atomic mass is 10.1. The summed E-state index contributed by atoms with van der Waals surface area (Å²) in [5.74, 6) is -0.401. The van der Waals surface area contributed by atoms with Gasteiger partial charge in [0.15, 0.2) is 5.13 Å². The van der Waals surface area contributed by atoms with Gasteiger partial charge in [-0.05, 0) is 29.7 Å². The first-order chi connectivity index (χ1) is 15.0. The average molecular weight is 454 g/mol. The largest absolute Gasteiger partial charge is 0.379 e. The van der Waals surface area contributed by atoms with Crippen LogP contribution in [0.25, 0.3) is 21.0 Å². The number of ether oxygens (including phenoxy) is 1. The number of morpholine rings is 1. The summed E-state index contributed by atoms with van der Waals surface area (Å²) in [5, 5.41) is 5.39. The number of thiazole rings is 1. The van der Waals surface area contributed by atoms with Crippen molar-refractivity contribution < 1.29 is 17.9 Å². The molecule has 2 heterocycles. The van der Waals surface area contributed by atoms with Crippen LogP contribution in [0.4, 0.5) is 5.13 Å². The molecule has 0 radical (unpaired) electrons. The van der Waals surface area contributed by atoms with E-state index in [1.807, 2.05) is 36.4 Å². The number of fused-ring (bicyclic) bond motifs is 3. The van der Waals surface area contributed by atoms with Gasteiger partial charge in [-0.25, -0.2) is 13.4 Å². The number of benzene rings is 3. The Balaban J connectivity index is 1.42. The van der Waals surface area contributed by atoms with E-state index in [0.29, 0.717) is 31.4 Å². The van der Waals surface area contributed by atoms with Gasteiger partial charge in [0.2, 0.25) is 10.0 Å². The summed E-state index contributed by atoms with van der Waals surface area (Å²) in [6.45, 7) is 1.34. The monoisotopic (exact) mass is 453 g/mol. The maximum absolute atomic E-state index is 12.9. The van der Waals surface area contributed by atoms with E-state index in [2.05, 4.69) is 10.3 Å². The second-order valence-corrected chi connectivity index (χ2v) is 10.1. The number of sulfonamides is 1. The molecule has 31 heavy (non-hydrogen) atoms. The fourth-order valence-corrected chi connectivity index (χ4v) is 5.95. The number of rotatable bonds is 4. The SMILES string of the molecule is O=C(Nc1nc2c(ccc3ccccc32)s1)c1cccc(S(=O)(=O)N2CCOCC2)c1. The number of carbonyl (C=O) groups is 1. The van der Waals surface area contributed by atoms with Crippen molar-refractivity contribution in [3.8, 4) is 0 Å². The molecule has 1 aliphatic rings. The van der Waals surface area contributed by atoms with Gasteiger partial charge >= 0.3 is 0 Å². The van der Waals surface area contributed by atoms with Crippen molar-refractivity contribution in [2.75, 3.05) is 31.6 Å². The van der Waals surface area contributed by atoms with E-state index in [9.17, 15) is 13.2 Å². The Kier molecular flexibility index (Phi) is 5.19. The molecule has 0 saturated carbocycles. The van der Waals surface area contributed by atoms with Crippen LogP contribution in [0.5, 0.6) is 0 Å². The van der Waals surface area contributed by atoms with E-state index in [1.165, 1.54) is 27.8 Å². The van der Waals surface area contributed by atoms with Gasteiger partial charge in [0.25, 0.3) is 5.91 Å². The lowest BCUT2D eigenvalue weighted by molar-refractivity contribution is 0.0730. The van der Waals surface area contributed by atoms with Crippen LogP contribution in [0.2, 0.25) is 0 Å². The Morgan fingerprint density at radius 3 is 2.68 bits per heavy atom. The highest BCUT2D eigenvalue weighted by atomic mass is 32.2. The number of anilines is 1.